The monoisotopic (exact) mass is 433 g/mol. The Morgan fingerprint density at radius 1 is 0.844 bits per heavy atom. The topological polar surface area (TPSA) is 72.2 Å². The Balaban J connectivity index is 1.29. The molecule has 2 unspecified atom stereocenters. The van der Waals surface area contributed by atoms with Gasteiger partial charge in [-0.25, -0.2) is 9.97 Å². The Bertz CT molecular complexity index is 1090. The number of anilines is 2. The first kappa shape index (κ1) is 19.9. The normalized spacial score (nSPS) is 24.9. The highest BCUT2D eigenvalue weighted by Gasteiger charge is 2.33. The quantitative estimate of drug-likeness (QED) is 0.623. The fraction of sp³-hybridized carbons (Fsp3) is 0.583. The largest absolute Gasteiger partial charge is 0.372 e. The van der Waals surface area contributed by atoms with Crippen molar-refractivity contribution in [1.29, 1.82) is 0 Å². The zero-order valence-electron chi connectivity index (χ0n) is 18.9. The van der Waals surface area contributed by atoms with E-state index in [1.165, 1.54) is 18.7 Å². The van der Waals surface area contributed by atoms with Gasteiger partial charge in [-0.15, -0.1) is 10.2 Å². The van der Waals surface area contributed by atoms with Crippen molar-refractivity contribution in [3.05, 3.63) is 36.4 Å². The van der Waals surface area contributed by atoms with Gasteiger partial charge in [0.1, 0.15) is 12.2 Å². The number of piperidine rings is 1. The van der Waals surface area contributed by atoms with Gasteiger partial charge in [0, 0.05) is 38.1 Å². The number of hydrogen-bond donors (Lipinski definition) is 0. The molecule has 1 saturated carbocycles. The summed E-state index contributed by atoms with van der Waals surface area (Å²) >= 11 is 0. The third-order valence-electron chi connectivity index (χ3n) is 6.95. The summed E-state index contributed by atoms with van der Waals surface area (Å²) in [5.41, 5.74) is 1.90. The van der Waals surface area contributed by atoms with Crippen LogP contribution in [0.2, 0.25) is 0 Å². The number of aromatic nitrogens is 5. The molecule has 0 spiro atoms. The Labute approximate surface area is 188 Å². The van der Waals surface area contributed by atoms with Crippen molar-refractivity contribution in [2.45, 2.75) is 63.7 Å². The van der Waals surface area contributed by atoms with Gasteiger partial charge in [0.05, 0.1) is 23.2 Å². The van der Waals surface area contributed by atoms with E-state index in [1.807, 2.05) is 18.5 Å². The third-order valence-corrected chi connectivity index (χ3v) is 6.95. The predicted molar refractivity (Wildman–Crippen MR) is 124 cm³/mol. The van der Waals surface area contributed by atoms with E-state index in [2.05, 4.69) is 50.5 Å². The second-order valence-electron chi connectivity index (χ2n) is 9.61. The number of fused-ring (bicyclic) bond motifs is 1. The molecule has 0 bridgehead atoms. The minimum Gasteiger partial charge on any atom is -0.372 e. The Kier molecular flexibility index (Phi) is 4.97. The summed E-state index contributed by atoms with van der Waals surface area (Å²) in [6, 6.07) is 8.81. The minimum atomic E-state index is 0.180. The smallest absolute Gasteiger partial charge is 0.172 e. The van der Waals surface area contributed by atoms with Gasteiger partial charge in [-0.2, -0.15) is 0 Å². The lowest BCUT2D eigenvalue weighted by Gasteiger charge is -2.39. The van der Waals surface area contributed by atoms with Crippen molar-refractivity contribution in [3.63, 3.8) is 0 Å². The summed E-state index contributed by atoms with van der Waals surface area (Å²) in [6.45, 7) is 7.86. The van der Waals surface area contributed by atoms with Gasteiger partial charge in [0.15, 0.2) is 11.6 Å². The van der Waals surface area contributed by atoms with Gasteiger partial charge in [0.25, 0.3) is 0 Å². The van der Waals surface area contributed by atoms with Crippen LogP contribution in [-0.4, -0.2) is 63.1 Å². The van der Waals surface area contributed by atoms with E-state index >= 15 is 0 Å². The van der Waals surface area contributed by atoms with E-state index < -0.39 is 0 Å². The Morgan fingerprint density at radius 2 is 1.47 bits per heavy atom. The van der Waals surface area contributed by atoms with Crippen LogP contribution in [0.5, 0.6) is 0 Å². The first-order chi connectivity index (χ1) is 15.7. The van der Waals surface area contributed by atoms with E-state index in [0.717, 1.165) is 61.7 Å². The number of rotatable bonds is 4. The van der Waals surface area contributed by atoms with Crippen molar-refractivity contribution < 1.29 is 4.74 Å². The molecule has 32 heavy (non-hydrogen) atoms. The van der Waals surface area contributed by atoms with Gasteiger partial charge in [0.2, 0.25) is 0 Å². The highest BCUT2D eigenvalue weighted by atomic mass is 16.5. The Morgan fingerprint density at radius 3 is 2.09 bits per heavy atom. The molecule has 8 nitrogen and oxygen atoms in total. The molecule has 8 heteroatoms. The van der Waals surface area contributed by atoms with Crippen molar-refractivity contribution in [3.8, 4) is 0 Å². The number of ether oxygens (including phenoxy) is 1. The maximum absolute atomic E-state index is 5.98. The number of benzene rings is 1. The summed E-state index contributed by atoms with van der Waals surface area (Å²) in [5, 5.41) is 8.71. The molecular formula is C24H31N7O. The average molecular weight is 434 g/mol. The predicted octanol–water partition coefficient (Wildman–Crippen LogP) is 3.55. The number of hydrogen-bond acceptors (Lipinski definition) is 7. The van der Waals surface area contributed by atoms with Crippen molar-refractivity contribution >= 4 is 22.7 Å². The van der Waals surface area contributed by atoms with Gasteiger partial charge >= 0.3 is 0 Å². The van der Waals surface area contributed by atoms with E-state index in [9.17, 15) is 0 Å². The second kappa shape index (κ2) is 7.99. The molecule has 0 amide bonds. The highest BCUT2D eigenvalue weighted by Crippen LogP contribution is 2.39. The molecule has 2 aliphatic heterocycles. The average Bonchev–Trinajstić information content (AvgIpc) is 3.54. The van der Waals surface area contributed by atoms with E-state index in [-0.39, 0.29) is 12.2 Å². The van der Waals surface area contributed by atoms with Crippen molar-refractivity contribution in [2.24, 2.45) is 0 Å². The summed E-state index contributed by atoms with van der Waals surface area (Å²) < 4.78 is 8.30. The number of nitrogens with zero attached hydrogens (tertiary/aromatic N) is 7. The van der Waals surface area contributed by atoms with Crippen LogP contribution in [0, 0.1) is 0 Å². The highest BCUT2D eigenvalue weighted by molar-refractivity contribution is 5.81. The molecule has 3 aliphatic rings. The SMILES string of the molecule is CC1CN(c2nc3ccccc3nc2N2CCC(c3nncn3C3CC3)CC2)CC(C)O1. The zero-order valence-corrected chi connectivity index (χ0v) is 18.9. The molecule has 168 valence electrons. The first-order valence-electron chi connectivity index (χ1n) is 12.0. The lowest BCUT2D eigenvalue weighted by molar-refractivity contribution is -0.00543. The molecule has 6 rings (SSSR count). The van der Waals surface area contributed by atoms with Crippen LogP contribution in [0.4, 0.5) is 11.6 Å². The van der Waals surface area contributed by atoms with Crippen molar-refractivity contribution in [2.75, 3.05) is 36.0 Å². The molecule has 4 heterocycles. The lowest BCUT2D eigenvalue weighted by Crippen LogP contribution is -2.47. The van der Waals surface area contributed by atoms with Crippen LogP contribution >= 0.6 is 0 Å². The van der Waals surface area contributed by atoms with Gasteiger partial charge in [-0.05, 0) is 51.7 Å². The molecule has 2 saturated heterocycles. The van der Waals surface area contributed by atoms with Crippen LogP contribution < -0.4 is 9.80 Å². The van der Waals surface area contributed by atoms with Gasteiger partial charge in [-0.3, -0.25) is 0 Å². The summed E-state index contributed by atoms with van der Waals surface area (Å²) in [7, 11) is 0. The summed E-state index contributed by atoms with van der Waals surface area (Å²) in [4.78, 5) is 15.0. The molecular weight excluding hydrogens is 402 g/mol. The third kappa shape index (κ3) is 3.70. The fourth-order valence-corrected chi connectivity index (χ4v) is 5.28. The molecule has 3 fully saturated rings. The zero-order chi connectivity index (χ0) is 21.7. The summed E-state index contributed by atoms with van der Waals surface area (Å²) in [5.74, 6) is 3.64. The molecule has 1 aliphatic carbocycles. The molecule has 0 radical (unpaired) electrons. The molecule has 2 atom stereocenters. The first-order valence-corrected chi connectivity index (χ1v) is 12.0. The van der Waals surface area contributed by atoms with Crippen LogP contribution in [0.3, 0.4) is 0 Å². The van der Waals surface area contributed by atoms with E-state index in [0.29, 0.717) is 12.0 Å². The van der Waals surface area contributed by atoms with Crippen LogP contribution in [0.1, 0.15) is 57.3 Å². The van der Waals surface area contributed by atoms with E-state index in [4.69, 9.17) is 14.7 Å². The standard InChI is InChI=1S/C24H31N7O/c1-16-13-30(14-17(2)32-16)24-23(26-20-5-3-4-6-21(20)27-24)29-11-9-18(10-12-29)22-28-25-15-31(22)19-7-8-19/h3-6,15-19H,7-14H2,1-2H3. The number of para-hydroxylation sites is 2. The van der Waals surface area contributed by atoms with Crippen LogP contribution in [0.25, 0.3) is 11.0 Å². The number of morpholine rings is 1. The molecule has 1 aromatic carbocycles. The van der Waals surface area contributed by atoms with Crippen molar-refractivity contribution in [1.82, 2.24) is 24.7 Å². The fourth-order valence-electron chi connectivity index (χ4n) is 5.28. The molecule has 2 aromatic heterocycles. The van der Waals surface area contributed by atoms with Crippen LogP contribution in [-0.2, 0) is 4.74 Å². The Hall–Kier alpha value is -2.74. The summed E-state index contributed by atoms with van der Waals surface area (Å²) in [6.07, 6.45) is 6.93. The molecule has 3 aromatic rings. The molecule has 0 N–H and O–H groups in total. The van der Waals surface area contributed by atoms with E-state index in [1.54, 1.807) is 0 Å². The van der Waals surface area contributed by atoms with Gasteiger partial charge in [-0.1, -0.05) is 12.1 Å². The van der Waals surface area contributed by atoms with Crippen LogP contribution in [0.15, 0.2) is 30.6 Å². The maximum atomic E-state index is 5.98. The minimum absolute atomic E-state index is 0.180. The maximum Gasteiger partial charge on any atom is 0.172 e. The second-order valence-corrected chi connectivity index (χ2v) is 9.61. The lowest BCUT2D eigenvalue weighted by atomic mass is 9.95. The van der Waals surface area contributed by atoms with Gasteiger partial charge < -0.3 is 19.1 Å².